The third-order valence-corrected chi connectivity index (χ3v) is 5.31. The molecule has 1 fully saturated rings. The smallest absolute Gasteiger partial charge is 0.193 e. The maximum atomic E-state index is 13.7. The fourth-order valence-corrected chi connectivity index (χ4v) is 3.44. The van der Waals surface area contributed by atoms with Gasteiger partial charge in [-0.3, -0.25) is 14.9 Å². The van der Waals surface area contributed by atoms with Crippen molar-refractivity contribution in [1.29, 1.82) is 0 Å². The van der Waals surface area contributed by atoms with Crippen molar-refractivity contribution >= 4 is 45.9 Å². The largest absolute Gasteiger partial charge is 0.356 e. The summed E-state index contributed by atoms with van der Waals surface area (Å²) in [6.45, 7) is 5.24. The SMILES string of the molecule is CN=C(NCCc1ccccn1)N1CCN(Cc2ccc(Br)c(F)c2)CC1.I. The normalized spacial score (nSPS) is 15.2. The Morgan fingerprint density at radius 2 is 2.00 bits per heavy atom. The van der Waals surface area contributed by atoms with Gasteiger partial charge in [0.2, 0.25) is 0 Å². The first-order chi connectivity index (χ1) is 13.2. The van der Waals surface area contributed by atoms with Crippen molar-refractivity contribution < 1.29 is 4.39 Å². The van der Waals surface area contributed by atoms with Crippen molar-refractivity contribution in [2.45, 2.75) is 13.0 Å². The van der Waals surface area contributed by atoms with Crippen molar-refractivity contribution in [3.05, 3.63) is 64.1 Å². The second kappa shape index (κ2) is 11.7. The number of hydrogen-bond donors (Lipinski definition) is 1. The number of guanidine groups is 1. The summed E-state index contributed by atoms with van der Waals surface area (Å²) in [5.41, 5.74) is 2.08. The molecule has 1 N–H and O–H groups in total. The summed E-state index contributed by atoms with van der Waals surface area (Å²) in [6, 6.07) is 11.3. The molecule has 152 valence electrons. The molecule has 2 heterocycles. The Balaban J connectivity index is 0.00000280. The molecule has 1 aliphatic heterocycles. The first-order valence-corrected chi connectivity index (χ1v) is 9.97. The lowest BCUT2D eigenvalue weighted by Gasteiger charge is -2.36. The summed E-state index contributed by atoms with van der Waals surface area (Å²) in [7, 11) is 1.82. The maximum Gasteiger partial charge on any atom is 0.193 e. The Morgan fingerprint density at radius 1 is 1.21 bits per heavy atom. The number of nitrogens with one attached hydrogen (secondary N) is 1. The first-order valence-electron chi connectivity index (χ1n) is 9.17. The summed E-state index contributed by atoms with van der Waals surface area (Å²) in [5, 5.41) is 3.43. The molecule has 0 amide bonds. The second-order valence-corrected chi connectivity index (χ2v) is 7.41. The third kappa shape index (κ3) is 6.66. The Hall–Kier alpha value is -1.26. The minimum absolute atomic E-state index is 0. The molecule has 0 spiro atoms. The van der Waals surface area contributed by atoms with Crippen molar-refractivity contribution in [2.24, 2.45) is 4.99 Å². The molecule has 0 aliphatic carbocycles. The molecule has 3 rings (SSSR count). The monoisotopic (exact) mass is 561 g/mol. The molecule has 5 nitrogen and oxygen atoms in total. The van der Waals surface area contributed by atoms with Crippen LogP contribution in [0.15, 0.2) is 52.1 Å². The number of aromatic nitrogens is 1. The lowest BCUT2D eigenvalue weighted by molar-refractivity contribution is 0.172. The lowest BCUT2D eigenvalue weighted by Crippen LogP contribution is -2.52. The second-order valence-electron chi connectivity index (χ2n) is 6.56. The Kier molecular flexibility index (Phi) is 9.60. The summed E-state index contributed by atoms with van der Waals surface area (Å²) < 4.78 is 14.2. The summed E-state index contributed by atoms with van der Waals surface area (Å²) in [6.07, 6.45) is 2.69. The standard InChI is InChI=1S/C20H25BrFN5.HI/c1-23-20(25-9-7-17-4-2-3-8-24-17)27-12-10-26(11-13-27)15-16-5-6-18(21)19(22)14-16;/h2-6,8,14H,7,9-13,15H2,1H3,(H,23,25);1H. The molecule has 0 atom stereocenters. The van der Waals surface area contributed by atoms with E-state index in [1.54, 1.807) is 12.1 Å². The minimum Gasteiger partial charge on any atom is -0.356 e. The number of hydrogen-bond acceptors (Lipinski definition) is 3. The summed E-state index contributed by atoms with van der Waals surface area (Å²) >= 11 is 3.20. The minimum atomic E-state index is -0.205. The van der Waals surface area contributed by atoms with Gasteiger partial charge in [-0.25, -0.2) is 4.39 Å². The highest BCUT2D eigenvalue weighted by Gasteiger charge is 2.19. The molecule has 1 aliphatic rings. The van der Waals surface area contributed by atoms with Crippen LogP contribution in [0, 0.1) is 5.82 Å². The number of rotatable bonds is 5. The number of nitrogens with zero attached hydrogens (tertiary/aromatic N) is 4. The number of piperazine rings is 1. The molecule has 2 aromatic rings. The van der Waals surface area contributed by atoms with Gasteiger partial charge in [0.05, 0.1) is 4.47 Å². The Labute approximate surface area is 191 Å². The zero-order valence-corrected chi connectivity index (χ0v) is 19.9. The lowest BCUT2D eigenvalue weighted by atomic mass is 10.2. The van der Waals surface area contributed by atoms with Crippen LogP contribution in [0.1, 0.15) is 11.3 Å². The van der Waals surface area contributed by atoms with E-state index in [1.807, 2.05) is 37.5 Å². The molecule has 1 aromatic heterocycles. The summed E-state index contributed by atoms with van der Waals surface area (Å²) in [4.78, 5) is 13.4. The van der Waals surface area contributed by atoms with Gasteiger partial charge in [0.25, 0.3) is 0 Å². The van der Waals surface area contributed by atoms with Gasteiger partial charge in [-0.05, 0) is 45.8 Å². The van der Waals surface area contributed by atoms with Gasteiger partial charge in [0.1, 0.15) is 5.82 Å². The number of pyridine rings is 1. The third-order valence-electron chi connectivity index (χ3n) is 4.66. The highest BCUT2D eigenvalue weighted by atomic mass is 127. The molecule has 0 bridgehead atoms. The molecule has 28 heavy (non-hydrogen) atoms. The van der Waals surface area contributed by atoms with E-state index in [0.29, 0.717) is 4.47 Å². The van der Waals surface area contributed by atoms with E-state index in [-0.39, 0.29) is 29.8 Å². The van der Waals surface area contributed by atoms with E-state index in [9.17, 15) is 4.39 Å². The van der Waals surface area contributed by atoms with Crippen molar-refractivity contribution in [3.8, 4) is 0 Å². The average Bonchev–Trinajstić information content (AvgIpc) is 2.70. The van der Waals surface area contributed by atoms with Gasteiger partial charge < -0.3 is 10.2 Å². The van der Waals surface area contributed by atoms with Crippen LogP contribution in [-0.2, 0) is 13.0 Å². The predicted molar refractivity (Wildman–Crippen MR) is 126 cm³/mol. The van der Waals surface area contributed by atoms with Gasteiger partial charge in [-0.1, -0.05) is 12.1 Å². The van der Waals surface area contributed by atoms with Crippen LogP contribution in [0.2, 0.25) is 0 Å². The van der Waals surface area contributed by atoms with Gasteiger partial charge in [-0.15, -0.1) is 24.0 Å². The Bertz CT molecular complexity index is 766. The topological polar surface area (TPSA) is 43.8 Å². The van der Waals surface area contributed by atoms with Gasteiger partial charge in [0, 0.05) is 64.6 Å². The van der Waals surface area contributed by atoms with E-state index in [0.717, 1.165) is 62.9 Å². The Morgan fingerprint density at radius 3 is 2.64 bits per heavy atom. The van der Waals surface area contributed by atoms with Gasteiger partial charge >= 0.3 is 0 Å². The molecule has 0 saturated carbocycles. The maximum absolute atomic E-state index is 13.7. The average molecular weight is 562 g/mol. The fraction of sp³-hybridized carbons (Fsp3) is 0.400. The molecule has 1 saturated heterocycles. The van der Waals surface area contributed by atoms with Crippen molar-refractivity contribution in [3.63, 3.8) is 0 Å². The molecular formula is C20H26BrFIN5. The van der Waals surface area contributed by atoms with Crippen LogP contribution in [0.4, 0.5) is 4.39 Å². The predicted octanol–water partition coefficient (Wildman–Crippen LogP) is 3.54. The van der Waals surface area contributed by atoms with Crippen LogP contribution in [0.3, 0.4) is 0 Å². The zero-order chi connectivity index (χ0) is 19.1. The van der Waals surface area contributed by atoms with Crippen LogP contribution in [0.25, 0.3) is 0 Å². The quantitative estimate of drug-likeness (QED) is 0.344. The molecular weight excluding hydrogens is 536 g/mol. The van der Waals surface area contributed by atoms with E-state index >= 15 is 0 Å². The van der Waals surface area contributed by atoms with E-state index in [1.165, 1.54) is 0 Å². The van der Waals surface area contributed by atoms with Crippen molar-refractivity contribution in [2.75, 3.05) is 39.8 Å². The van der Waals surface area contributed by atoms with Crippen LogP contribution in [0.5, 0.6) is 0 Å². The number of halogens is 3. The van der Waals surface area contributed by atoms with E-state index < -0.39 is 0 Å². The molecule has 1 aromatic carbocycles. The van der Waals surface area contributed by atoms with Gasteiger partial charge in [-0.2, -0.15) is 0 Å². The van der Waals surface area contributed by atoms with Crippen LogP contribution < -0.4 is 5.32 Å². The first kappa shape index (κ1) is 23.0. The number of aliphatic imine (C=N–C) groups is 1. The van der Waals surface area contributed by atoms with Crippen LogP contribution >= 0.6 is 39.9 Å². The van der Waals surface area contributed by atoms with E-state index in [4.69, 9.17) is 0 Å². The van der Waals surface area contributed by atoms with Gasteiger partial charge in [0.15, 0.2) is 5.96 Å². The van der Waals surface area contributed by atoms with Crippen molar-refractivity contribution in [1.82, 2.24) is 20.1 Å². The zero-order valence-electron chi connectivity index (χ0n) is 15.9. The van der Waals surface area contributed by atoms with Crippen LogP contribution in [-0.4, -0.2) is 60.5 Å². The fourth-order valence-electron chi connectivity index (χ4n) is 3.19. The highest BCUT2D eigenvalue weighted by molar-refractivity contribution is 14.0. The van der Waals surface area contributed by atoms with E-state index in [2.05, 4.69) is 41.0 Å². The highest BCUT2D eigenvalue weighted by Crippen LogP contribution is 2.18. The number of benzene rings is 1. The molecule has 0 radical (unpaired) electrons. The molecule has 0 unspecified atom stereocenters. The molecule has 8 heteroatoms. The summed E-state index contributed by atoms with van der Waals surface area (Å²) in [5.74, 6) is 0.726.